The molecule has 0 heterocycles. The van der Waals surface area contributed by atoms with Gasteiger partial charge in [0.15, 0.2) is 0 Å². The molecule has 1 N–H and O–H groups in total. The van der Waals surface area contributed by atoms with E-state index in [0.717, 1.165) is 24.2 Å². The first kappa shape index (κ1) is 14.0. The molecule has 0 amide bonds. The van der Waals surface area contributed by atoms with E-state index >= 15 is 0 Å². The Kier molecular flexibility index (Phi) is 6.01. The van der Waals surface area contributed by atoms with Crippen LogP contribution >= 0.6 is 0 Å². The molecule has 2 unspecified atom stereocenters. The molecule has 0 saturated carbocycles. The highest BCUT2D eigenvalue weighted by atomic mass is 16.5. The Balaban J connectivity index is 2.62. The third-order valence-electron chi connectivity index (χ3n) is 2.88. The third kappa shape index (κ3) is 4.36. The van der Waals surface area contributed by atoms with Gasteiger partial charge in [0, 0.05) is 13.5 Å². The summed E-state index contributed by atoms with van der Waals surface area (Å²) in [6, 6.07) is 7.77. The first-order valence-corrected chi connectivity index (χ1v) is 6.05. The van der Waals surface area contributed by atoms with Crippen molar-refractivity contribution in [3.8, 4) is 5.75 Å². The topological polar surface area (TPSA) is 38.7 Å². The van der Waals surface area contributed by atoms with Crippen molar-refractivity contribution in [2.45, 2.75) is 38.4 Å². The molecule has 0 aliphatic carbocycles. The van der Waals surface area contributed by atoms with E-state index in [0.29, 0.717) is 6.42 Å². The van der Waals surface area contributed by atoms with Crippen LogP contribution < -0.4 is 4.74 Å². The molecule has 3 heteroatoms. The van der Waals surface area contributed by atoms with Crippen LogP contribution in [0.5, 0.6) is 5.75 Å². The van der Waals surface area contributed by atoms with Crippen LogP contribution in [0.2, 0.25) is 0 Å². The summed E-state index contributed by atoms with van der Waals surface area (Å²) in [4.78, 5) is 0. The Labute approximate surface area is 103 Å². The molecule has 0 radical (unpaired) electrons. The standard InChI is InChI=1S/C14H22O3/c1-4-6-14(17-3)13(15)10-11-7-5-8-12(9-11)16-2/h5,7-9,13-15H,4,6,10H2,1-3H3. The van der Waals surface area contributed by atoms with Crippen LogP contribution in [0, 0.1) is 0 Å². The fraction of sp³-hybridized carbons (Fsp3) is 0.571. The van der Waals surface area contributed by atoms with E-state index in [1.54, 1.807) is 14.2 Å². The molecular formula is C14H22O3. The van der Waals surface area contributed by atoms with E-state index < -0.39 is 6.10 Å². The minimum Gasteiger partial charge on any atom is -0.497 e. The fourth-order valence-corrected chi connectivity index (χ4v) is 1.92. The van der Waals surface area contributed by atoms with Gasteiger partial charge in [0.2, 0.25) is 0 Å². The lowest BCUT2D eigenvalue weighted by Crippen LogP contribution is -2.29. The Morgan fingerprint density at radius 2 is 2.06 bits per heavy atom. The molecule has 1 aromatic rings. The molecule has 3 nitrogen and oxygen atoms in total. The van der Waals surface area contributed by atoms with E-state index in [1.807, 2.05) is 24.3 Å². The van der Waals surface area contributed by atoms with Gasteiger partial charge in [-0.25, -0.2) is 0 Å². The van der Waals surface area contributed by atoms with Gasteiger partial charge in [0.25, 0.3) is 0 Å². The van der Waals surface area contributed by atoms with Crippen molar-refractivity contribution >= 4 is 0 Å². The molecule has 2 atom stereocenters. The van der Waals surface area contributed by atoms with Crippen molar-refractivity contribution < 1.29 is 14.6 Å². The molecule has 17 heavy (non-hydrogen) atoms. The first-order valence-electron chi connectivity index (χ1n) is 6.05. The normalized spacial score (nSPS) is 14.4. The molecule has 1 rings (SSSR count). The number of ether oxygens (including phenoxy) is 2. The molecule has 0 saturated heterocycles. The molecule has 0 bridgehead atoms. The maximum Gasteiger partial charge on any atom is 0.119 e. The summed E-state index contributed by atoms with van der Waals surface area (Å²) >= 11 is 0. The zero-order chi connectivity index (χ0) is 12.7. The summed E-state index contributed by atoms with van der Waals surface area (Å²) in [5.74, 6) is 0.819. The Bertz CT molecular complexity index is 325. The zero-order valence-electron chi connectivity index (χ0n) is 10.8. The smallest absolute Gasteiger partial charge is 0.119 e. The van der Waals surface area contributed by atoms with Gasteiger partial charge in [0.1, 0.15) is 5.75 Å². The molecule has 96 valence electrons. The second kappa shape index (κ2) is 7.30. The second-order valence-electron chi connectivity index (χ2n) is 4.19. The maximum absolute atomic E-state index is 10.1. The number of hydrogen-bond donors (Lipinski definition) is 1. The summed E-state index contributed by atoms with van der Waals surface area (Å²) < 4.78 is 10.5. The number of rotatable bonds is 7. The minimum absolute atomic E-state index is 0.0915. The predicted octanol–water partition coefficient (Wildman–Crippen LogP) is 2.41. The van der Waals surface area contributed by atoms with E-state index in [4.69, 9.17) is 9.47 Å². The summed E-state index contributed by atoms with van der Waals surface area (Å²) in [7, 11) is 3.29. The molecule has 0 aliphatic rings. The van der Waals surface area contributed by atoms with Gasteiger partial charge in [-0.1, -0.05) is 25.5 Å². The average molecular weight is 238 g/mol. The van der Waals surface area contributed by atoms with Gasteiger partial charge in [0.05, 0.1) is 19.3 Å². The van der Waals surface area contributed by atoms with Gasteiger partial charge in [-0.2, -0.15) is 0 Å². The van der Waals surface area contributed by atoms with Crippen molar-refractivity contribution in [1.29, 1.82) is 0 Å². The Morgan fingerprint density at radius 3 is 2.65 bits per heavy atom. The van der Waals surface area contributed by atoms with Crippen LogP contribution in [0.15, 0.2) is 24.3 Å². The average Bonchev–Trinajstić information content (AvgIpc) is 2.36. The van der Waals surface area contributed by atoms with Crippen molar-refractivity contribution in [2.75, 3.05) is 14.2 Å². The molecule has 0 aliphatic heterocycles. The van der Waals surface area contributed by atoms with Crippen molar-refractivity contribution in [3.63, 3.8) is 0 Å². The largest absolute Gasteiger partial charge is 0.497 e. The van der Waals surface area contributed by atoms with Crippen LogP contribution in [-0.2, 0) is 11.2 Å². The second-order valence-corrected chi connectivity index (χ2v) is 4.19. The van der Waals surface area contributed by atoms with Gasteiger partial charge < -0.3 is 14.6 Å². The maximum atomic E-state index is 10.1. The minimum atomic E-state index is -0.466. The zero-order valence-corrected chi connectivity index (χ0v) is 10.8. The highest BCUT2D eigenvalue weighted by Gasteiger charge is 2.18. The number of aliphatic hydroxyl groups is 1. The molecular weight excluding hydrogens is 216 g/mol. The van der Waals surface area contributed by atoms with E-state index in [2.05, 4.69) is 6.92 Å². The first-order chi connectivity index (χ1) is 8.21. The van der Waals surface area contributed by atoms with Gasteiger partial charge in [-0.05, 0) is 24.1 Å². The number of aliphatic hydroxyl groups excluding tert-OH is 1. The monoisotopic (exact) mass is 238 g/mol. The SMILES string of the molecule is CCCC(OC)C(O)Cc1cccc(OC)c1. The quantitative estimate of drug-likeness (QED) is 0.793. The fourth-order valence-electron chi connectivity index (χ4n) is 1.92. The lowest BCUT2D eigenvalue weighted by molar-refractivity contribution is -0.0159. The highest BCUT2D eigenvalue weighted by Crippen LogP contribution is 2.17. The van der Waals surface area contributed by atoms with E-state index in [-0.39, 0.29) is 6.10 Å². The summed E-state index contributed by atoms with van der Waals surface area (Å²) in [6.45, 7) is 2.09. The Hall–Kier alpha value is -1.06. The Morgan fingerprint density at radius 1 is 1.29 bits per heavy atom. The highest BCUT2D eigenvalue weighted by molar-refractivity contribution is 5.28. The van der Waals surface area contributed by atoms with E-state index in [1.165, 1.54) is 0 Å². The number of benzene rings is 1. The van der Waals surface area contributed by atoms with Crippen LogP contribution in [-0.4, -0.2) is 31.5 Å². The van der Waals surface area contributed by atoms with E-state index in [9.17, 15) is 5.11 Å². The summed E-state index contributed by atoms with van der Waals surface area (Å²) in [5.41, 5.74) is 1.06. The lowest BCUT2D eigenvalue weighted by atomic mass is 10.0. The van der Waals surface area contributed by atoms with Crippen LogP contribution in [0.25, 0.3) is 0 Å². The molecule has 1 aromatic carbocycles. The summed E-state index contributed by atoms with van der Waals surface area (Å²) in [6.07, 6.45) is 1.92. The summed E-state index contributed by atoms with van der Waals surface area (Å²) in [5, 5.41) is 10.1. The third-order valence-corrected chi connectivity index (χ3v) is 2.88. The van der Waals surface area contributed by atoms with Crippen molar-refractivity contribution in [2.24, 2.45) is 0 Å². The predicted molar refractivity (Wildman–Crippen MR) is 68.4 cm³/mol. The molecule has 0 spiro atoms. The molecule has 0 aromatic heterocycles. The number of hydrogen-bond acceptors (Lipinski definition) is 3. The van der Waals surface area contributed by atoms with Gasteiger partial charge in [-0.15, -0.1) is 0 Å². The van der Waals surface area contributed by atoms with Gasteiger partial charge in [-0.3, -0.25) is 0 Å². The van der Waals surface area contributed by atoms with Crippen LogP contribution in [0.3, 0.4) is 0 Å². The van der Waals surface area contributed by atoms with Crippen LogP contribution in [0.4, 0.5) is 0 Å². The van der Waals surface area contributed by atoms with Crippen molar-refractivity contribution in [3.05, 3.63) is 29.8 Å². The van der Waals surface area contributed by atoms with Gasteiger partial charge >= 0.3 is 0 Å². The molecule has 0 fully saturated rings. The van der Waals surface area contributed by atoms with Crippen LogP contribution in [0.1, 0.15) is 25.3 Å². The lowest BCUT2D eigenvalue weighted by Gasteiger charge is -2.21. The van der Waals surface area contributed by atoms with Crippen molar-refractivity contribution in [1.82, 2.24) is 0 Å². The number of methoxy groups -OCH3 is 2.